The maximum Gasteiger partial charge on any atom is 0.231 e. The first kappa shape index (κ1) is 9.65. The van der Waals surface area contributed by atoms with E-state index < -0.39 is 11.3 Å². The van der Waals surface area contributed by atoms with Gasteiger partial charge in [-0.3, -0.25) is 9.59 Å². The summed E-state index contributed by atoms with van der Waals surface area (Å²) >= 11 is 0. The zero-order valence-electron chi connectivity index (χ0n) is 8.29. The molecule has 4 nitrogen and oxygen atoms in total. The predicted molar refractivity (Wildman–Crippen MR) is 49.4 cm³/mol. The number of ketones is 1. The minimum atomic E-state index is -0.854. The fourth-order valence-corrected chi connectivity index (χ4v) is 1.89. The molecule has 4 heteroatoms. The van der Waals surface area contributed by atoms with E-state index in [1.807, 2.05) is 6.92 Å². The van der Waals surface area contributed by atoms with Crippen LogP contribution in [-0.2, 0) is 14.3 Å². The minimum absolute atomic E-state index is 0.0457. The first-order chi connectivity index (χ1) is 6.62. The molecule has 1 heterocycles. The van der Waals surface area contributed by atoms with E-state index in [1.54, 1.807) is 0 Å². The molecule has 2 N–H and O–H groups in total. The van der Waals surface area contributed by atoms with Crippen LogP contribution in [0.15, 0.2) is 0 Å². The second-order valence-electron chi connectivity index (χ2n) is 4.19. The molecule has 1 saturated heterocycles. The normalized spacial score (nSPS) is 32.4. The first-order valence-corrected chi connectivity index (χ1v) is 5.11. The lowest BCUT2D eigenvalue weighted by molar-refractivity contribution is -0.134. The van der Waals surface area contributed by atoms with Crippen LogP contribution in [0.4, 0.5) is 0 Å². The van der Waals surface area contributed by atoms with Crippen molar-refractivity contribution < 1.29 is 14.3 Å². The maximum atomic E-state index is 11.8. The smallest absolute Gasteiger partial charge is 0.231 e. The van der Waals surface area contributed by atoms with Crippen LogP contribution in [0.2, 0.25) is 0 Å². The van der Waals surface area contributed by atoms with Crippen molar-refractivity contribution in [1.82, 2.24) is 0 Å². The summed E-state index contributed by atoms with van der Waals surface area (Å²) in [6.07, 6.45) is 2.82. The van der Waals surface area contributed by atoms with E-state index in [4.69, 9.17) is 10.5 Å². The largest absolute Gasteiger partial charge is 0.369 e. The molecule has 0 aromatic carbocycles. The monoisotopic (exact) mass is 197 g/mol. The van der Waals surface area contributed by atoms with E-state index in [-0.39, 0.29) is 18.0 Å². The quantitative estimate of drug-likeness (QED) is 0.511. The van der Waals surface area contributed by atoms with Crippen molar-refractivity contribution in [2.75, 3.05) is 0 Å². The van der Waals surface area contributed by atoms with Gasteiger partial charge in [-0.1, -0.05) is 13.3 Å². The Morgan fingerprint density at radius 2 is 2.14 bits per heavy atom. The molecule has 1 saturated carbocycles. The molecule has 0 aromatic heterocycles. The third-order valence-corrected chi connectivity index (χ3v) is 3.11. The summed E-state index contributed by atoms with van der Waals surface area (Å²) in [5.41, 5.74) is 4.35. The highest BCUT2D eigenvalue weighted by Gasteiger charge is 2.62. The van der Waals surface area contributed by atoms with Crippen LogP contribution in [0.3, 0.4) is 0 Å². The van der Waals surface area contributed by atoms with Crippen molar-refractivity contribution in [3.63, 3.8) is 0 Å². The van der Waals surface area contributed by atoms with Gasteiger partial charge < -0.3 is 10.5 Å². The van der Waals surface area contributed by atoms with E-state index in [0.717, 1.165) is 12.8 Å². The number of hydrogen-bond acceptors (Lipinski definition) is 3. The summed E-state index contributed by atoms with van der Waals surface area (Å²) in [5.74, 6) is -0.559. The maximum absolute atomic E-state index is 11.8. The summed E-state index contributed by atoms with van der Waals surface area (Å²) in [6.45, 7) is 2.05. The molecule has 1 aliphatic heterocycles. The Morgan fingerprint density at radius 3 is 2.57 bits per heavy atom. The van der Waals surface area contributed by atoms with Crippen LogP contribution in [0, 0.1) is 5.41 Å². The second kappa shape index (κ2) is 3.05. The van der Waals surface area contributed by atoms with Crippen LogP contribution in [-0.4, -0.2) is 23.9 Å². The van der Waals surface area contributed by atoms with Gasteiger partial charge in [0, 0.05) is 0 Å². The molecule has 2 rings (SSSR count). The van der Waals surface area contributed by atoms with E-state index in [2.05, 4.69) is 0 Å². The number of epoxide rings is 1. The molecule has 0 spiro atoms. The highest BCUT2D eigenvalue weighted by Crippen LogP contribution is 2.50. The summed E-state index contributed by atoms with van der Waals surface area (Å²) in [6, 6.07) is 0. The van der Waals surface area contributed by atoms with Gasteiger partial charge in [0.2, 0.25) is 5.91 Å². The summed E-state index contributed by atoms with van der Waals surface area (Å²) in [7, 11) is 0. The Kier molecular flexibility index (Phi) is 2.10. The van der Waals surface area contributed by atoms with Crippen LogP contribution >= 0.6 is 0 Å². The molecule has 78 valence electrons. The Morgan fingerprint density at radius 1 is 1.50 bits per heavy atom. The van der Waals surface area contributed by atoms with E-state index in [9.17, 15) is 9.59 Å². The number of Topliss-reactive ketones (excluding diaryl/α,β-unsaturated/α-hetero) is 1. The van der Waals surface area contributed by atoms with Crippen LogP contribution < -0.4 is 5.73 Å². The van der Waals surface area contributed by atoms with Crippen molar-refractivity contribution >= 4 is 11.7 Å². The standard InChI is InChI=1S/C10H15NO3/c1-2-3-6-7(14-6)8(12)10(4-5-10)9(11)13/h6-7H,2-5H2,1H3,(H2,11,13). The minimum Gasteiger partial charge on any atom is -0.369 e. The summed E-state index contributed by atoms with van der Waals surface area (Å²) < 4.78 is 5.24. The zero-order valence-corrected chi connectivity index (χ0v) is 8.29. The van der Waals surface area contributed by atoms with Gasteiger partial charge in [-0.15, -0.1) is 0 Å². The van der Waals surface area contributed by atoms with Gasteiger partial charge in [-0.2, -0.15) is 0 Å². The van der Waals surface area contributed by atoms with Crippen molar-refractivity contribution in [2.45, 2.75) is 44.8 Å². The van der Waals surface area contributed by atoms with Gasteiger partial charge in [0.1, 0.15) is 11.5 Å². The molecular formula is C10H15NO3. The van der Waals surface area contributed by atoms with Crippen LogP contribution in [0.5, 0.6) is 0 Å². The number of carbonyl (C=O) groups excluding carboxylic acids is 2. The Balaban J connectivity index is 1.95. The lowest BCUT2D eigenvalue weighted by atomic mass is 9.95. The SMILES string of the molecule is CCCC1OC1C(=O)C1(C(N)=O)CC1. The predicted octanol–water partition coefficient (Wildman–Crippen LogP) is 0.388. The highest BCUT2D eigenvalue weighted by atomic mass is 16.6. The Labute approximate surface area is 82.8 Å². The number of amides is 1. The number of rotatable bonds is 5. The van der Waals surface area contributed by atoms with Gasteiger partial charge in [0.15, 0.2) is 5.78 Å². The average molecular weight is 197 g/mol. The van der Waals surface area contributed by atoms with Gasteiger partial charge in [0.25, 0.3) is 0 Å². The lowest BCUT2D eigenvalue weighted by Crippen LogP contribution is -2.35. The molecule has 0 radical (unpaired) electrons. The van der Waals surface area contributed by atoms with Crippen molar-refractivity contribution in [3.8, 4) is 0 Å². The molecule has 2 atom stereocenters. The fourth-order valence-electron chi connectivity index (χ4n) is 1.89. The van der Waals surface area contributed by atoms with Crippen LogP contribution in [0.1, 0.15) is 32.6 Å². The average Bonchev–Trinajstić information content (AvgIpc) is 2.99. The van der Waals surface area contributed by atoms with Crippen LogP contribution in [0.25, 0.3) is 0 Å². The van der Waals surface area contributed by atoms with Gasteiger partial charge in [-0.05, 0) is 19.3 Å². The van der Waals surface area contributed by atoms with Crippen molar-refractivity contribution in [1.29, 1.82) is 0 Å². The fraction of sp³-hybridized carbons (Fsp3) is 0.800. The number of hydrogen-bond donors (Lipinski definition) is 1. The number of nitrogens with two attached hydrogens (primary N) is 1. The highest BCUT2D eigenvalue weighted by molar-refractivity contribution is 6.11. The molecule has 2 unspecified atom stereocenters. The Bertz CT molecular complexity index is 283. The zero-order chi connectivity index (χ0) is 10.3. The molecule has 1 amide bonds. The second-order valence-corrected chi connectivity index (χ2v) is 4.19. The summed E-state index contributed by atoms with van der Waals surface area (Å²) in [5, 5.41) is 0. The lowest BCUT2D eigenvalue weighted by Gasteiger charge is -2.06. The number of ether oxygens (including phenoxy) is 1. The molecule has 14 heavy (non-hydrogen) atoms. The molecule has 0 bridgehead atoms. The number of primary amides is 1. The molecule has 0 aromatic rings. The van der Waals surface area contributed by atoms with Gasteiger partial charge in [-0.25, -0.2) is 0 Å². The van der Waals surface area contributed by atoms with Crippen molar-refractivity contribution in [3.05, 3.63) is 0 Å². The van der Waals surface area contributed by atoms with E-state index in [1.165, 1.54) is 0 Å². The molecule has 2 aliphatic rings. The number of carbonyl (C=O) groups is 2. The Hall–Kier alpha value is -0.900. The van der Waals surface area contributed by atoms with Gasteiger partial charge in [0.05, 0.1) is 6.10 Å². The summed E-state index contributed by atoms with van der Waals surface area (Å²) in [4.78, 5) is 22.9. The van der Waals surface area contributed by atoms with E-state index in [0.29, 0.717) is 12.8 Å². The van der Waals surface area contributed by atoms with Crippen molar-refractivity contribution in [2.24, 2.45) is 11.1 Å². The van der Waals surface area contributed by atoms with Gasteiger partial charge >= 0.3 is 0 Å². The van der Waals surface area contributed by atoms with E-state index >= 15 is 0 Å². The third kappa shape index (κ3) is 1.34. The molecular weight excluding hydrogens is 182 g/mol. The molecule has 1 aliphatic carbocycles. The topological polar surface area (TPSA) is 72.7 Å². The molecule has 2 fully saturated rings. The third-order valence-electron chi connectivity index (χ3n) is 3.11. The first-order valence-electron chi connectivity index (χ1n) is 5.11.